The SMILES string of the molecule is CN(CC(=O)NCC1CCCCC1)CC(C)(C)O. The first-order valence-corrected chi connectivity index (χ1v) is 7.04. The van der Waals surface area contributed by atoms with Crippen molar-refractivity contribution in [3.63, 3.8) is 0 Å². The van der Waals surface area contributed by atoms with E-state index in [4.69, 9.17) is 0 Å². The van der Waals surface area contributed by atoms with Crippen molar-refractivity contribution in [2.75, 3.05) is 26.7 Å². The third-order valence-electron chi connectivity index (χ3n) is 3.38. The number of aliphatic hydroxyl groups is 1. The monoisotopic (exact) mass is 256 g/mol. The minimum atomic E-state index is -0.752. The lowest BCUT2D eigenvalue weighted by Gasteiger charge is -2.26. The van der Waals surface area contributed by atoms with Crippen molar-refractivity contribution in [1.82, 2.24) is 10.2 Å². The van der Waals surface area contributed by atoms with Crippen molar-refractivity contribution in [3.05, 3.63) is 0 Å². The minimum Gasteiger partial charge on any atom is -0.389 e. The highest BCUT2D eigenvalue weighted by Crippen LogP contribution is 2.22. The summed E-state index contributed by atoms with van der Waals surface area (Å²) in [6, 6.07) is 0. The molecule has 0 heterocycles. The Hall–Kier alpha value is -0.610. The van der Waals surface area contributed by atoms with Gasteiger partial charge in [0.1, 0.15) is 0 Å². The Balaban J connectivity index is 2.16. The molecule has 0 aromatic carbocycles. The summed E-state index contributed by atoms with van der Waals surface area (Å²) in [4.78, 5) is 13.6. The van der Waals surface area contributed by atoms with Gasteiger partial charge in [0, 0.05) is 13.1 Å². The Kier molecular flexibility index (Phi) is 6.09. The van der Waals surface area contributed by atoms with Crippen molar-refractivity contribution < 1.29 is 9.90 Å². The van der Waals surface area contributed by atoms with Crippen molar-refractivity contribution in [2.45, 2.75) is 51.6 Å². The molecule has 1 saturated carbocycles. The zero-order valence-electron chi connectivity index (χ0n) is 12.0. The quantitative estimate of drug-likeness (QED) is 0.755. The van der Waals surface area contributed by atoms with Crippen LogP contribution in [-0.2, 0) is 4.79 Å². The summed E-state index contributed by atoms with van der Waals surface area (Å²) in [7, 11) is 1.86. The normalized spacial score (nSPS) is 18.1. The van der Waals surface area contributed by atoms with Crippen molar-refractivity contribution in [3.8, 4) is 0 Å². The van der Waals surface area contributed by atoms with E-state index < -0.39 is 5.60 Å². The summed E-state index contributed by atoms with van der Waals surface area (Å²) in [6.07, 6.45) is 6.45. The number of hydrogen-bond donors (Lipinski definition) is 2. The lowest BCUT2D eigenvalue weighted by Crippen LogP contribution is -2.43. The molecule has 4 nitrogen and oxygen atoms in total. The number of carbonyl (C=O) groups excluding carboxylic acids is 1. The Morgan fingerprint density at radius 3 is 2.50 bits per heavy atom. The molecular formula is C14H28N2O2. The molecule has 0 aromatic heterocycles. The van der Waals surface area contributed by atoms with Crippen LogP contribution >= 0.6 is 0 Å². The maximum absolute atomic E-state index is 11.7. The van der Waals surface area contributed by atoms with Gasteiger partial charge >= 0.3 is 0 Å². The van der Waals surface area contributed by atoms with Gasteiger partial charge in [0.15, 0.2) is 0 Å². The molecule has 0 aliphatic heterocycles. The molecule has 2 N–H and O–H groups in total. The van der Waals surface area contributed by atoms with E-state index in [0.717, 1.165) is 6.54 Å². The third-order valence-corrected chi connectivity index (χ3v) is 3.38. The molecule has 1 amide bonds. The van der Waals surface area contributed by atoms with E-state index in [1.165, 1.54) is 32.1 Å². The number of rotatable bonds is 6. The van der Waals surface area contributed by atoms with Crippen molar-refractivity contribution >= 4 is 5.91 Å². The Labute approximate surface area is 111 Å². The number of carbonyl (C=O) groups is 1. The van der Waals surface area contributed by atoms with Crippen LogP contribution in [0.2, 0.25) is 0 Å². The van der Waals surface area contributed by atoms with Gasteiger partial charge < -0.3 is 10.4 Å². The van der Waals surface area contributed by atoms with Gasteiger partial charge in [0.05, 0.1) is 12.1 Å². The maximum atomic E-state index is 11.7. The zero-order valence-corrected chi connectivity index (χ0v) is 12.0. The van der Waals surface area contributed by atoms with Crippen LogP contribution in [0.25, 0.3) is 0 Å². The lowest BCUT2D eigenvalue weighted by molar-refractivity contribution is -0.122. The third kappa shape index (κ3) is 6.97. The van der Waals surface area contributed by atoms with Crippen LogP contribution < -0.4 is 5.32 Å². The van der Waals surface area contributed by atoms with Crippen LogP contribution in [0.15, 0.2) is 0 Å². The molecule has 0 unspecified atom stereocenters. The first-order valence-electron chi connectivity index (χ1n) is 7.04. The summed E-state index contributed by atoms with van der Waals surface area (Å²) in [5.41, 5.74) is -0.752. The van der Waals surface area contributed by atoms with E-state index in [2.05, 4.69) is 5.32 Å². The van der Waals surface area contributed by atoms with E-state index in [1.54, 1.807) is 13.8 Å². The van der Waals surface area contributed by atoms with Gasteiger partial charge in [0.25, 0.3) is 0 Å². The molecule has 0 radical (unpaired) electrons. The fraction of sp³-hybridized carbons (Fsp3) is 0.929. The van der Waals surface area contributed by atoms with Gasteiger partial charge in [-0.05, 0) is 39.7 Å². The predicted molar refractivity (Wildman–Crippen MR) is 73.4 cm³/mol. The van der Waals surface area contributed by atoms with Crippen LogP contribution in [0.4, 0.5) is 0 Å². The van der Waals surface area contributed by atoms with Crippen LogP contribution in [0.1, 0.15) is 46.0 Å². The molecular weight excluding hydrogens is 228 g/mol. The van der Waals surface area contributed by atoms with E-state index in [9.17, 15) is 9.90 Å². The second kappa shape index (κ2) is 7.10. The molecule has 1 fully saturated rings. The number of amides is 1. The van der Waals surface area contributed by atoms with Gasteiger partial charge in [-0.3, -0.25) is 9.69 Å². The number of nitrogens with one attached hydrogen (secondary N) is 1. The Morgan fingerprint density at radius 2 is 1.94 bits per heavy atom. The molecule has 0 aromatic rings. The van der Waals surface area contributed by atoms with Gasteiger partial charge in [-0.2, -0.15) is 0 Å². The second-order valence-electron chi connectivity index (χ2n) is 6.29. The molecule has 0 spiro atoms. The van der Waals surface area contributed by atoms with Crippen LogP contribution in [0.5, 0.6) is 0 Å². The smallest absolute Gasteiger partial charge is 0.234 e. The summed E-state index contributed by atoms with van der Waals surface area (Å²) in [5.74, 6) is 0.731. The Morgan fingerprint density at radius 1 is 1.33 bits per heavy atom. The minimum absolute atomic E-state index is 0.0623. The number of nitrogens with zero attached hydrogens (tertiary/aromatic N) is 1. The summed E-state index contributed by atoms with van der Waals surface area (Å²) >= 11 is 0. The summed E-state index contributed by atoms with van der Waals surface area (Å²) in [5, 5.41) is 12.7. The van der Waals surface area contributed by atoms with Crippen molar-refractivity contribution in [1.29, 1.82) is 0 Å². The van der Waals surface area contributed by atoms with Crippen LogP contribution in [0, 0.1) is 5.92 Å². The van der Waals surface area contributed by atoms with Gasteiger partial charge in [-0.25, -0.2) is 0 Å². The lowest BCUT2D eigenvalue weighted by atomic mass is 9.89. The van der Waals surface area contributed by atoms with Gasteiger partial charge in [-0.15, -0.1) is 0 Å². The molecule has 0 atom stereocenters. The average Bonchev–Trinajstić information content (AvgIpc) is 2.25. The highest BCUT2D eigenvalue weighted by atomic mass is 16.3. The highest BCUT2D eigenvalue weighted by Gasteiger charge is 2.18. The molecule has 1 aliphatic carbocycles. The molecule has 1 rings (SSSR count). The molecule has 4 heteroatoms. The molecule has 106 valence electrons. The van der Waals surface area contributed by atoms with Crippen LogP contribution in [-0.4, -0.2) is 48.2 Å². The molecule has 1 aliphatic rings. The second-order valence-corrected chi connectivity index (χ2v) is 6.29. The maximum Gasteiger partial charge on any atom is 0.234 e. The van der Waals surface area contributed by atoms with Crippen LogP contribution in [0.3, 0.4) is 0 Å². The fourth-order valence-electron chi connectivity index (χ4n) is 2.67. The first-order chi connectivity index (χ1) is 8.37. The van der Waals surface area contributed by atoms with E-state index in [1.807, 2.05) is 11.9 Å². The number of likely N-dealkylation sites (N-methyl/N-ethyl adjacent to an activating group) is 1. The molecule has 0 saturated heterocycles. The summed E-state index contributed by atoms with van der Waals surface area (Å²) in [6.45, 7) is 5.18. The molecule has 0 bridgehead atoms. The van der Waals surface area contributed by atoms with Gasteiger partial charge in [0.2, 0.25) is 5.91 Å². The van der Waals surface area contributed by atoms with E-state index in [0.29, 0.717) is 19.0 Å². The number of hydrogen-bond acceptors (Lipinski definition) is 3. The van der Waals surface area contributed by atoms with E-state index in [-0.39, 0.29) is 5.91 Å². The van der Waals surface area contributed by atoms with E-state index >= 15 is 0 Å². The van der Waals surface area contributed by atoms with Crippen molar-refractivity contribution in [2.24, 2.45) is 5.92 Å². The predicted octanol–water partition coefficient (Wildman–Crippen LogP) is 1.39. The topological polar surface area (TPSA) is 52.6 Å². The highest BCUT2D eigenvalue weighted by molar-refractivity contribution is 5.77. The largest absolute Gasteiger partial charge is 0.389 e. The first kappa shape index (κ1) is 15.4. The van der Waals surface area contributed by atoms with Gasteiger partial charge in [-0.1, -0.05) is 19.3 Å². The average molecular weight is 256 g/mol. The Bertz CT molecular complexity index is 255. The fourth-order valence-corrected chi connectivity index (χ4v) is 2.67. The summed E-state index contributed by atoms with van der Waals surface area (Å²) < 4.78 is 0. The molecule has 18 heavy (non-hydrogen) atoms. The standard InChI is InChI=1S/C14H28N2O2/c1-14(2,18)11-16(3)10-13(17)15-9-12-7-5-4-6-8-12/h12,18H,4-11H2,1-3H3,(H,15,17). The zero-order chi connectivity index (χ0) is 13.6.